The SMILES string of the molecule is O=C(N[C@@H]1[C@@H](O)[C@@H]2OC(c3ccccc3)OC[C@H]2O[C@@H]1O)c1ccccc1. The highest BCUT2D eigenvalue weighted by Gasteiger charge is 2.49. The molecule has 1 amide bonds. The molecule has 0 spiro atoms. The van der Waals surface area contributed by atoms with Gasteiger partial charge in [0.2, 0.25) is 0 Å². The first-order chi connectivity index (χ1) is 13.1. The van der Waals surface area contributed by atoms with Gasteiger partial charge in [0, 0.05) is 11.1 Å². The number of rotatable bonds is 3. The Kier molecular flexibility index (Phi) is 5.20. The van der Waals surface area contributed by atoms with Crippen LogP contribution in [0.1, 0.15) is 22.2 Å². The van der Waals surface area contributed by atoms with Gasteiger partial charge in [-0.3, -0.25) is 4.79 Å². The Bertz CT molecular complexity index is 771. The molecule has 2 aromatic rings. The van der Waals surface area contributed by atoms with E-state index in [1.165, 1.54) is 0 Å². The number of carbonyl (C=O) groups excluding carboxylic acids is 1. The van der Waals surface area contributed by atoms with Crippen LogP contribution in [0.5, 0.6) is 0 Å². The summed E-state index contributed by atoms with van der Waals surface area (Å²) in [7, 11) is 0. The fourth-order valence-corrected chi connectivity index (χ4v) is 3.37. The van der Waals surface area contributed by atoms with Crippen LogP contribution < -0.4 is 5.32 Å². The summed E-state index contributed by atoms with van der Waals surface area (Å²) in [5.41, 5.74) is 1.24. The van der Waals surface area contributed by atoms with E-state index in [1.807, 2.05) is 30.3 Å². The number of aliphatic hydroxyl groups excluding tert-OH is 2. The van der Waals surface area contributed by atoms with Crippen molar-refractivity contribution in [3.05, 3.63) is 71.8 Å². The Hall–Kier alpha value is -2.29. The summed E-state index contributed by atoms with van der Waals surface area (Å²) in [5, 5.41) is 23.6. The standard InChI is InChI=1S/C20H21NO6/c22-16-15(21-18(23)12-7-3-1-4-8-12)19(24)26-14-11-25-20(27-17(14)16)13-9-5-2-6-10-13/h1-10,14-17,19-20,22,24H,11H2,(H,21,23)/t14-,15-,16-,17-,19+,20?/m1/s1. The van der Waals surface area contributed by atoms with Crippen LogP contribution in [0.15, 0.2) is 60.7 Å². The number of hydrogen-bond acceptors (Lipinski definition) is 6. The molecule has 2 aliphatic heterocycles. The predicted molar refractivity (Wildman–Crippen MR) is 94.6 cm³/mol. The summed E-state index contributed by atoms with van der Waals surface area (Å²) in [5.74, 6) is -0.410. The smallest absolute Gasteiger partial charge is 0.251 e. The van der Waals surface area contributed by atoms with Crippen LogP contribution in [-0.2, 0) is 14.2 Å². The molecular formula is C20H21NO6. The van der Waals surface area contributed by atoms with Crippen molar-refractivity contribution in [2.24, 2.45) is 0 Å². The van der Waals surface area contributed by atoms with E-state index < -0.39 is 42.8 Å². The molecule has 7 nitrogen and oxygen atoms in total. The van der Waals surface area contributed by atoms with E-state index in [-0.39, 0.29) is 6.61 Å². The van der Waals surface area contributed by atoms with Crippen molar-refractivity contribution in [3.63, 3.8) is 0 Å². The van der Waals surface area contributed by atoms with E-state index >= 15 is 0 Å². The van der Waals surface area contributed by atoms with Crippen LogP contribution in [-0.4, -0.2) is 53.4 Å². The summed E-state index contributed by atoms with van der Waals surface area (Å²) < 4.78 is 17.1. The van der Waals surface area contributed by atoms with E-state index in [0.29, 0.717) is 5.56 Å². The lowest BCUT2D eigenvalue weighted by Crippen LogP contribution is -2.66. The van der Waals surface area contributed by atoms with Gasteiger partial charge in [-0.25, -0.2) is 0 Å². The topological polar surface area (TPSA) is 97.3 Å². The molecule has 7 heteroatoms. The maximum Gasteiger partial charge on any atom is 0.251 e. The van der Waals surface area contributed by atoms with Crippen LogP contribution in [0.2, 0.25) is 0 Å². The van der Waals surface area contributed by atoms with Gasteiger partial charge < -0.3 is 29.7 Å². The largest absolute Gasteiger partial charge is 0.388 e. The summed E-state index contributed by atoms with van der Waals surface area (Å²) in [4.78, 5) is 12.4. The molecule has 1 unspecified atom stereocenters. The Labute approximate surface area is 156 Å². The molecule has 0 bridgehead atoms. The first kappa shape index (κ1) is 18.1. The number of carbonyl (C=O) groups is 1. The lowest BCUT2D eigenvalue weighted by Gasteiger charge is -2.46. The molecule has 142 valence electrons. The third-order valence-electron chi connectivity index (χ3n) is 4.79. The van der Waals surface area contributed by atoms with Gasteiger partial charge >= 0.3 is 0 Å². The molecule has 0 saturated carbocycles. The molecule has 4 rings (SSSR count). The second-order valence-corrected chi connectivity index (χ2v) is 6.60. The maximum atomic E-state index is 12.4. The van der Waals surface area contributed by atoms with E-state index in [4.69, 9.17) is 14.2 Å². The zero-order valence-electron chi connectivity index (χ0n) is 14.5. The van der Waals surface area contributed by atoms with E-state index in [0.717, 1.165) is 5.56 Å². The fourth-order valence-electron chi connectivity index (χ4n) is 3.37. The Morgan fingerprint density at radius 3 is 2.33 bits per heavy atom. The molecule has 0 aromatic heterocycles. The molecule has 3 N–H and O–H groups in total. The number of benzene rings is 2. The molecule has 2 fully saturated rings. The highest BCUT2D eigenvalue weighted by Crippen LogP contribution is 2.33. The minimum Gasteiger partial charge on any atom is -0.388 e. The number of nitrogens with one attached hydrogen (secondary N) is 1. The summed E-state index contributed by atoms with van der Waals surface area (Å²) in [6.07, 6.45) is -4.53. The second-order valence-electron chi connectivity index (χ2n) is 6.60. The van der Waals surface area contributed by atoms with Gasteiger partial charge in [-0.1, -0.05) is 48.5 Å². The molecule has 27 heavy (non-hydrogen) atoms. The molecule has 2 aromatic carbocycles. The van der Waals surface area contributed by atoms with Gasteiger partial charge in [0.15, 0.2) is 12.6 Å². The zero-order valence-corrected chi connectivity index (χ0v) is 14.5. The number of fused-ring (bicyclic) bond motifs is 1. The van der Waals surface area contributed by atoms with Crippen molar-refractivity contribution in [1.29, 1.82) is 0 Å². The molecular weight excluding hydrogens is 350 g/mol. The normalized spacial score (nSPS) is 33.1. The van der Waals surface area contributed by atoms with E-state index in [1.54, 1.807) is 30.3 Å². The Balaban J connectivity index is 1.48. The van der Waals surface area contributed by atoms with E-state index in [2.05, 4.69) is 5.32 Å². The highest BCUT2D eigenvalue weighted by molar-refractivity contribution is 5.94. The Morgan fingerprint density at radius 2 is 1.63 bits per heavy atom. The molecule has 0 radical (unpaired) electrons. The minimum atomic E-state index is -1.37. The van der Waals surface area contributed by atoms with Crippen LogP contribution in [0.25, 0.3) is 0 Å². The lowest BCUT2D eigenvalue weighted by atomic mass is 9.95. The van der Waals surface area contributed by atoms with Crippen LogP contribution >= 0.6 is 0 Å². The van der Waals surface area contributed by atoms with Gasteiger partial charge in [0.05, 0.1) is 6.61 Å². The number of ether oxygens (including phenoxy) is 3. The average Bonchev–Trinajstić information content (AvgIpc) is 2.72. The number of aliphatic hydroxyl groups is 2. The molecule has 2 heterocycles. The maximum absolute atomic E-state index is 12.4. The summed E-state index contributed by atoms with van der Waals surface area (Å²) >= 11 is 0. The van der Waals surface area contributed by atoms with Crippen LogP contribution in [0, 0.1) is 0 Å². The van der Waals surface area contributed by atoms with Gasteiger partial charge in [-0.05, 0) is 12.1 Å². The fraction of sp³-hybridized carbons (Fsp3) is 0.350. The van der Waals surface area contributed by atoms with Crippen molar-refractivity contribution in [2.45, 2.75) is 36.9 Å². The number of hydrogen-bond donors (Lipinski definition) is 3. The third kappa shape index (κ3) is 3.73. The average molecular weight is 371 g/mol. The lowest BCUT2D eigenvalue weighted by molar-refractivity contribution is -0.337. The van der Waals surface area contributed by atoms with Crippen LogP contribution in [0.4, 0.5) is 0 Å². The number of amides is 1. The van der Waals surface area contributed by atoms with Gasteiger partial charge in [0.25, 0.3) is 5.91 Å². The van der Waals surface area contributed by atoms with Gasteiger partial charge in [-0.15, -0.1) is 0 Å². The van der Waals surface area contributed by atoms with Gasteiger partial charge in [-0.2, -0.15) is 0 Å². The summed E-state index contributed by atoms with van der Waals surface area (Å²) in [6.45, 7) is 0.164. The molecule has 2 aliphatic rings. The quantitative estimate of drug-likeness (QED) is 0.744. The Morgan fingerprint density at radius 1 is 0.963 bits per heavy atom. The van der Waals surface area contributed by atoms with Crippen LogP contribution in [0.3, 0.4) is 0 Å². The first-order valence-corrected chi connectivity index (χ1v) is 8.83. The monoisotopic (exact) mass is 371 g/mol. The highest BCUT2D eigenvalue weighted by atomic mass is 16.7. The second kappa shape index (κ2) is 7.75. The predicted octanol–water partition coefficient (Wildman–Crippen LogP) is 0.977. The van der Waals surface area contributed by atoms with Crippen molar-refractivity contribution >= 4 is 5.91 Å². The van der Waals surface area contributed by atoms with Crippen molar-refractivity contribution in [1.82, 2.24) is 5.32 Å². The van der Waals surface area contributed by atoms with Crippen molar-refractivity contribution < 1.29 is 29.2 Å². The molecule has 0 aliphatic carbocycles. The van der Waals surface area contributed by atoms with E-state index in [9.17, 15) is 15.0 Å². The summed E-state index contributed by atoms with van der Waals surface area (Å²) in [6, 6.07) is 16.9. The molecule has 2 saturated heterocycles. The molecule has 6 atom stereocenters. The first-order valence-electron chi connectivity index (χ1n) is 8.83. The zero-order chi connectivity index (χ0) is 18.8. The minimum absolute atomic E-state index is 0.164. The third-order valence-corrected chi connectivity index (χ3v) is 4.79. The van der Waals surface area contributed by atoms with Crippen molar-refractivity contribution in [2.75, 3.05) is 6.61 Å². The van der Waals surface area contributed by atoms with Gasteiger partial charge in [0.1, 0.15) is 24.4 Å². The van der Waals surface area contributed by atoms with Crippen molar-refractivity contribution in [3.8, 4) is 0 Å².